The van der Waals surface area contributed by atoms with Crippen LogP contribution in [-0.2, 0) is 16.6 Å². The molecule has 0 spiro atoms. The van der Waals surface area contributed by atoms with Crippen molar-refractivity contribution in [1.29, 1.82) is 0 Å². The Morgan fingerprint density at radius 1 is 1.08 bits per heavy atom. The van der Waals surface area contributed by atoms with Crippen LogP contribution in [0.5, 0.6) is 5.75 Å². The zero-order valence-electron chi connectivity index (χ0n) is 13.9. The molecule has 2 aromatic carbocycles. The minimum absolute atomic E-state index is 0.199. The van der Waals surface area contributed by atoms with Crippen LogP contribution in [0.4, 0.5) is 0 Å². The van der Waals surface area contributed by atoms with Crippen molar-refractivity contribution in [2.24, 2.45) is 0 Å². The number of methoxy groups -OCH3 is 1. The van der Waals surface area contributed by atoms with E-state index in [1.54, 1.807) is 56.7 Å². The summed E-state index contributed by atoms with van der Waals surface area (Å²) in [5.74, 6) is 1.29. The number of rotatable bonds is 6. The lowest BCUT2D eigenvalue weighted by atomic mass is 10.2. The molecule has 3 rings (SSSR count). The smallest absolute Gasteiger partial charge is 0.240 e. The van der Waals surface area contributed by atoms with Crippen LogP contribution in [0.25, 0.3) is 11.3 Å². The molecule has 0 aliphatic rings. The summed E-state index contributed by atoms with van der Waals surface area (Å²) in [6, 6.07) is 13.7. The Morgan fingerprint density at radius 3 is 2.32 bits per heavy atom. The molecule has 1 heterocycles. The Bertz CT molecular complexity index is 946. The zero-order chi connectivity index (χ0) is 17.9. The monoisotopic (exact) mass is 358 g/mol. The van der Waals surface area contributed by atoms with E-state index in [2.05, 4.69) is 9.71 Å². The molecule has 0 saturated heterocycles. The number of aromatic nitrogens is 1. The molecule has 25 heavy (non-hydrogen) atoms. The predicted molar refractivity (Wildman–Crippen MR) is 93.7 cm³/mol. The maximum Gasteiger partial charge on any atom is 0.240 e. The highest BCUT2D eigenvalue weighted by molar-refractivity contribution is 7.89. The van der Waals surface area contributed by atoms with Crippen LogP contribution in [-0.4, -0.2) is 20.5 Å². The van der Waals surface area contributed by atoms with E-state index in [-0.39, 0.29) is 11.4 Å². The second-order valence-electron chi connectivity index (χ2n) is 5.45. The molecule has 0 unspecified atom stereocenters. The van der Waals surface area contributed by atoms with Crippen LogP contribution in [0.1, 0.15) is 11.5 Å². The van der Waals surface area contributed by atoms with E-state index in [0.29, 0.717) is 11.6 Å². The molecule has 0 aliphatic heterocycles. The van der Waals surface area contributed by atoms with E-state index in [9.17, 15) is 8.42 Å². The molecule has 1 aromatic heterocycles. The number of nitrogens with one attached hydrogen (secondary N) is 1. The average molecular weight is 358 g/mol. The summed E-state index contributed by atoms with van der Waals surface area (Å²) >= 11 is 0. The van der Waals surface area contributed by atoms with Crippen molar-refractivity contribution >= 4 is 10.0 Å². The summed E-state index contributed by atoms with van der Waals surface area (Å²) in [6.07, 6.45) is 1.54. The number of aryl methyl sites for hydroxylation is 1. The van der Waals surface area contributed by atoms with Crippen molar-refractivity contribution in [2.75, 3.05) is 7.11 Å². The van der Waals surface area contributed by atoms with Gasteiger partial charge in [-0.3, -0.25) is 0 Å². The summed E-state index contributed by atoms with van der Waals surface area (Å²) in [7, 11) is -2.01. The second kappa shape index (κ2) is 7.08. The van der Waals surface area contributed by atoms with E-state index < -0.39 is 10.0 Å². The molecule has 0 aliphatic carbocycles. The van der Waals surface area contributed by atoms with E-state index in [1.807, 2.05) is 12.1 Å². The third kappa shape index (κ3) is 4.07. The molecule has 7 heteroatoms. The summed E-state index contributed by atoms with van der Waals surface area (Å²) < 4.78 is 37.7. The first-order chi connectivity index (χ1) is 12.0. The Hall–Kier alpha value is -2.64. The third-order valence-electron chi connectivity index (χ3n) is 3.70. The van der Waals surface area contributed by atoms with Gasteiger partial charge in [0, 0.05) is 19.0 Å². The SMILES string of the molecule is COc1ccc(CNS(=O)(=O)c2ccc(-c3coc(C)n3)cc2)cc1. The fourth-order valence-electron chi connectivity index (χ4n) is 2.31. The molecule has 0 bridgehead atoms. The summed E-state index contributed by atoms with van der Waals surface area (Å²) in [5.41, 5.74) is 2.32. The van der Waals surface area contributed by atoms with Gasteiger partial charge in [-0.1, -0.05) is 24.3 Å². The fourth-order valence-corrected chi connectivity index (χ4v) is 3.32. The molecule has 0 radical (unpaired) electrons. The molecular weight excluding hydrogens is 340 g/mol. The van der Waals surface area contributed by atoms with Gasteiger partial charge in [-0.2, -0.15) is 0 Å². The quantitative estimate of drug-likeness (QED) is 0.732. The van der Waals surface area contributed by atoms with Gasteiger partial charge in [0.25, 0.3) is 0 Å². The number of hydrogen-bond donors (Lipinski definition) is 1. The van der Waals surface area contributed by atoms with Crippen molar-refractivity contribution in [1.82, 2.24) is 9.71 Å². The number of sulfonamides is 1. The maximum absolute atomic E-state index is 12.4. The van der Waals surface area contributed by atoms with Crippen molar-refractivity contribution in [2.45, 2.75) is 18.4 Å². The summed E-state index contributed by atoms with van der Waals surface area (Å²) in [5, 5.41) is 0. The standard InChI is InChI=1S/C18H18N2O4S/c1-13-20-18(12-24-13)15-5-9-17(10-6-15)25(21,22)19-11-14-3-7-16(23-2)8-4-14/h3-10,12,19H,11H2,1-2H3. The molecule has 0 saturated carbocycles. The van der Waals surface area contributed by atoms with Gasteiger partial charge < -0.3 is 9.15 Å². The molecule has 0 amide bonds. The highest BCUT2D eigenvalue weighted by Gasteiger charge is 2.14. The Balaban J connectivity index is 1.70. The number of oxazole rings is 1. The first kappa shape index (κ1) is 17.2. The minimum Gasteiger partial charge on any atom is -0.497 e. The van der Waals surface area contributed by atoms with Gasteiger partial charge in [0.1, 0.15) is 17.7 Å². The number of benzene rings is 2. The van der Waals surface area contributed by atoms with Crippen LogP contribution in [0.15, 0.2) is 64.1 Å². The zero-order valence-corrected chi connectivity index (χ0v) is 14.7. The van der Waals surface area contributed by atoms with Crippen LogP contribution >= 0.6 is 0 Å². The number of hydrogen-bond acceptors (Lipinski definition) is 5. The average Bonchev–Trinajstić information content (AvgIpc) is 3.07. The maximum atomic E-state index is 12.4. The van der Waals surface area contributed by atoms with E-state index in [4.69, 9.17) is 9.15 Å². The van der Waals surface area contributed by atoms with Gasteiger partial charge in [0.2, 0.25) is 10.0 Å². The minimum atomic E-state index is -3.59. The Morgan fingerprint density at radius 2 is 1.76 bits per heavy atom. The van der Waals surface area contributed by atoms with E-state index in [1.165, 1.54) is 0 Å². The molecule has 6 nitrogen and oxygen atoms in total. The highest BCUT2D eigenvalue weighted by Crippen LogP contribution is 2.21. The topological polar surface area (TPSA) is 81.4 Å². The summed E-state index contributed by atoms with van der Waals surface area (Å²) in [4.78, 5) is 4.42. The van der Waals surface area contributed by atoms with Crippen molar-refractivity contribution in [3.05, 3.63) is 66.2 Å². The number of nitrogens with zero attached hydrogens (tertiary/aromatic N) is 1. The molecule has 0 atom stereocenters. The fraction of sp³-hybridized carbons (Fsp3) is 0.167. The molecule has 130 valence electrons. The van der Waals surface area contributed by atoms with E-state index in [0.717, 1.165) is 16.9 Å². The van der Waals surface area contributed by atoms with Crippen LogP contribution in [0.3, 0.4) is 0 Å². The van der Waals surface area contributed by atoms with Crippen LogP contribution in [0.2, 0.25) is 0 Å². The van der Waals surface area contributed by atoms with Crippen LogP contribution < -0.4 is 9.46 Å². The van der Waals surface area contributed by atoms with E-state index >= 15 is 0 Å². The molecule has 3 aromatic rings. The third-order valence-corrected chi connectivity index (χ3v) is 5.12. The second-order valence-corrected chi connectivity index (χ2v) is 7.22. The first-order valence-corrected chi connectivity index (χ1v) is 9.11. The number of ether oxygens (including phenoxy) is 1. The van der Waals surface area contributed by atoms with Crippen molar-refractivity contribution in [3.8, 4) is 17.0 Å². The summed E-state index contributed by atoms with van der Waals surface area (Å²) in [6.45, 7) is 1.96. The first-order valence-electron chi connectivity index (χ1n) is 7.63. The Labute approximate surface area is 146 Å². The predicted octanol–water partition coefficient (Wildman–Crippen LogP) is 3.14. The molecule has 0 fully saturated rings. The van der Waals surface area contributed by atoms with Gasteiger partial charge in [-0.05, 0) is 29.8 Å². The lowest BCUT2D eigenvalue weighted by molar-refractivity contribution is 0.414. The van der Waals surface area contributed by atoms with Crippen LogP contribution in [0, 0.1) is 6.92 Å². The van der Waals surface area contributed by atoms with Gasteiger partial charge in [-0.15, -0.1) is 0 Å². The van der Waals surface area contributed by atoms with Crippen molar-refractivity contribution < 1.29 is 17.6 Å². The highest BCUT2D eigenvalue weighted by atomic mass is 32.2. The van der Waals surface area contributed by atoms with Gasteiger partial charge in [0.05, 0.1) is 12.0 Å². The molecular formula is C18H18N2O4S. The van der Waals surface area contributed by atoms with Gasteiger partial charge >= 0.3 is 0 Å². The largest absolute Gasteiger partial charge is 0.497 e. The van der Waals surface area contributed by atoms with Crippen molar-refractivity contribution in [3.63, 3.8) is 0 Å². The lowest BCUT2D eigenvalue weighted by Crippen LogP contribution is -2.23. The van der Waals surface area contributed by atoms with Gasteiger partial charge in [0.15, 0.2) is 5.89 Å². The lowest BCUT2D eigenvalue weighted by Gasteiger charge is -2.08. The molecule has 1 N–H and O–H groups in total. The normalized spacial score (nSPS) is 11.4. The van der Waals surface area contributed by atoms with Gasteiger partial charge in [-0.25, -0.2) is 18.1 Å². The Kier molecular flexibility index (Phi) is 4.87.